The van der Waals surface area contributed by atoms with Gasteiger partial charge in [0, 0.05) is 17.0 Å². The minimum absolute atomic E-state index is 0. The van der Waals surface area contributed by atoms with Crippen molar-refractivity contribution in [2.45, 2.75) is 41.0 Å². The summed E-state index contributed by atoms with van der Waals surface area (Å²) in [6.07, 6.45) is 5.59. The van der Waals surface area contributed by atoms with Gasteiger partial charge in [0.25, 0.3) is 0 Å². The minimum atomic E-state index is -3.51. The second-order valence-corrected chi connectivity index (χ2v) is 7.45. The molecule has 0 spiro atoms. The molecule has 0 atom stereocenters. The summed E-state index contributed by atoms with van der Waals surface area (Å²) in [5.41, 5.74) is 5.34. The van der Waals surface area contributed by atoms with Crippen LogP contribution in [0.5, 0.6) is 0 Å². The van der Waals surface area contributed by atoms with E-state index < -0.39 is 15.6 Å². The number of hydrogen-bond acceptors (Lipinski definition) is 4. The van der Waals surface area contributed by atoms with E-state index >= 15 is 0 Å². The second kappa shape index (κ2) is 7.13. The van der Waals surface area contributed by atoms with Crippen molar-refractivity contribution in [2.75, 3.05) is 12.8 Å². The molecule has 114 valence electrons. The van der Waals surface area contributed by atoms with Gasteiger partial charge in [0.15, 0.2) is 0 Å². The molecule has 20 heavy (non-hydrogen) atoms. The molecule has 1 aliphatic carbocycles. The maximum absolute atomic E-state index is 12.6. The Morgan fingerprint density at radius 1 is 1.30 bits per heavy atom. The predicted molar refractivity (Wildman–Crippen MR) is 86.0 cm³/mol. The first-order valence-electron chi connectivity index (χ1n) is 6.40. The number of halogens is 1. The van der Waals surface area contributed by atoms with Gasteiger partial charge >= 0.3 is 0 Å². The molecule has 1 aliphatic rings. The summed E-state index contributed by atoms with van der Waals surface area (Å²) in [5, 5.41) is 0. The van der Waals surface area contributed by atoms with E-state index in [4.69, 9.17) is 5.73 Å². The molecule has 3 N–H and O–H groups in total. The van der Waals surface area contributed by atoms with Gasteiger partial charge in [0.2, 0.25) is 10.0 Å². The lowest BCUT2D eigenvalue weighted by Gasteiger charge is -2.28. The molecule has 0 bridgehead atoms. The molecular weight excluding hydrogens is 316 g/mol. The third-order valence-electron chi connectivity index (χ3n) is 3.66. The number of benzene rings is 1. The average molecular weight is 337 g/mol. The SMILES string of the molecule is CSc1ccccc1S(=O)(=O)NC1(CN)CCCC1.Cl. The number of nitrogens with one attached hydrogen (secondary N) is 1. The van der Waals surface area contributed by atoms with Crippen LogP contribution in [0.3, 0.4) is 0 Å². The molecule has 0 unspecified atom stereocenters. The third-order valence-corrected chi connectivity index (χ3v) is 6.22. The summed E-state index contributed by atoms with van der Waals surface area (Å²) in [6.45, 7) is 0.355. The van der Waals surface area contributed by atoms with Crippen molar-refractivity contribution in [1.29, 1.82) is 0 Å². The third kappa shape index (κ3) is 3.68. The van der Waals surface area contributed by atoms with Crippen LogP contribution in [0.15, 0.2) is 34.1 Å². The first-order valence-corrected chi connectivity index (χ1v) is 9.11. The normalized spacial score (nSPS) is 17.7. The lowest BCUT2D eigenvalue weighted by Crippen LogP contribution is -2.51. The first-order chi connectivity index (χ1) is 9.03. The van der Waals surface area contributed by atoms with Crippen LogP contribution in [-0.2, 0) is 10.0 Å². The smallest absolute Gasteiger partial charge is 0.242 e. The zero-order valence-corrected chi connectivity index (χ0v) is 13.9. The molecule has 0 amide bonds. The molecule has 0 heterocycles. The number of hydrogen-bond donors (Lipinski definition) is 2. The lowest BCUT2D eigenvalue weighted by atomic mass is 10.0. The zero-order chi connectivity index (χ0) is 13.9. The molecule has 0 radical (unpaired) electrons. The van der Waals surface area contributed by atoms with Crippen LogP contribution in [0.1, 0.15) is 25.7 Å². The van der Waals surface area contributed by atoms with E-state index in [9.17, 15) is 8.42 Å². The fourth-order valence-corrected chi connectivity index (χ4v) is 5.20. The Labute approximate surface area is 131 Å². The van der Waals surface area contributed by atoms with Gasteiger partial charge in [-0.1, -0.05) is 25.0 Å². The molecule has 7 heteroatoms. The lowest BCUT2D eigenvalue weighted by molar-refractivity contribution is 0.399. The van der Waals surface area contributed by atoms with Crippen LogP contribution < -0.4 is 10.5 Å². The molecule has 4 nitrogen and oxygen atoms in total. The predicted octanol–water partition coefficient (Wildman–Crippen LogP) is 2.38. The number of thioether (sulfide) groups is 1. The van der Waals surface area contributed by atoms with Crippen molar-refractivity contribution in [3.8, 4) is 0 Å². The van der Waals surface area contributed by atoms with E-state index in [1.807, 2.05) is 18.4 Å². The summed E-state index contributed by atoms with van der Waals surface area (Å²) in [7, 11) is -3.51. The molecule has 0 aliphatic heterocycles. The molecule has 0 aromatic heterocycles. The molecule has 1 aromatic rings. The highest BCUT2D eigenvalue weighted by Crippen LogP contribution is 2.32. The van der Waals surface area contributed by atoms with Crippen molar-refractivity contribution in [1.82, 2.24) is 4.72 Å². The standard InChI is InChI=1S/C13H20N2O2S2.ClH/c1-18-11-6-2-3-7-12(11)19(16,17)15-13(10-14)8-4-5-9-13;/h2-3,6-7,15H,4-5,8-10,14H2,1H3;1H. The average Bonchev–Trinajstić information content (AvgIpc) is 2.87. The highest BCUT2D eigenvalue weighted by molar-refractivity contribution is 7.99. The van der Waals surface area contributed by atoms with Crippen LogP contribution >= 0.6 is 24.2 Å². The van der Waals surface area contributed by atoms with Crippen molar-refractivity contribution in [2.24, 2.45) is 5.73 Å². The van der Waals surface area contributed by atoms with Crippen molar-refractivity contribution < 1.29 is 8.42 Å². The zero-order valence-electron chi connectivity index (χ0n) is 11.5. The molecule has 0 saturated heterocycles. The van der Waals surface area contributed by atoms with Gasteiger partial charge in [-0.25, -0.2) is 13.1 Å². The molecule has 1 fully saturated rings. The van der Waals surface area contributed by atoms with E-state index in [2.05, 4.69) is 4.72 Å². The van der Waals surface area contributed by atoms with Crippen LogP contribution in [0, 0.1) is 0 Å². The number of sulfonamides is 1. The monoisotopic (exact) mass is 336 g/mol. The molecule has 1 aromatic carbocycles. The van der Waals surface area contributed by atoms with E-state index in [1.165, 1.54) is 11.8 Å². The Morgan fingerprint density at radius 3 is 2.45 bits per heavy atom. The number of nitrogens with two attached hydrogens (primary N) is 1. The Kier molecular flexibility index (Phi) is 6.34. The first kappa shape index (κ1) is 17.8. The number of rotatable bonds is 5. The van der Waals surface area contributed by atoms with Crippen molar-refractivity contribution in [3.63, 3.8) is 0 Å². The highest BCUT2D eigenvalue weighted by Gasteiger charge is 2.37. The summed E-state index contributed by atoms with van der Waals surface area (Å²) >= 11 is 1.44. The summed E-state index contributed by atoms with van der Waals surface area (Å²) < 4.78 is 27.9. The largest absolute Gasteiger partial charge is 0.329 e. The van der Waals surface area contributed by atoms with Crippen LogP contribution in [-0.4, -0.2) is 26.8 Å². The molecular formula is C13H21ClN2O2S2. The molecule has 2 rings (SSSR count). The van der Waals surface area contributed by atoms with Crippen molar-refractivity contribution >= 4 is 34.2 Å². The van der Waals surface area contributed by atoms with Gasteiger partial charge in [0.1, 0.15) is 0 Å². The maximum atomic E-state index is 12.6. The summed E-state index contributed by atoms with van der Waals surface area (Å²) in [5.74, 6) is 0. The van der Waals surface area contributed by atoms with Gasteiger partial charge < -0.3 is 5.73 Å². The fraction of sp³-hybridized carbons (Fsp3) is 0.538. The van der Waals surface area contributed by atoms with Gasteiger partial charge in [-0.2, -0.15) is 0 Å². The van der Waals surface area contributed by atoms with Gasteiger partial charge in [-0.15, -0.1) is 24.2 Å². The Morgan fingerprint density at radius 2 is 1.90 bits per heavy atom. The Bertz CT molecular complexity index is 543. The topological polar surface area (TPSA) is 72.2 Å². The van der Waals surface area contributed by atoms with Crippen LogP contribution in [0.4, 0.5) is 0 Å². The van der Waals surface area contributed by atoms with Crippen molar-refractivity contribution in [3.05, 3.63) is 24.3 Å². The molecule has 1 saturated carbocycles. The van der Waals surface area contributed by atoms with E-state index in [-0.39, 0.29) is 12.4 Å². The van der Waals surface area contributed by atoms with Crippen LogP contribution in [0.2, 0.25) is 0 Å². The quantitative estimate of drug-likeness (QED) is 0.810. The summed E-state index contributed by atoms with van der Waals surface area (Å²) in [6, 6.07) is 7.06. The maximum Gasteiger partial charge on any atom is 0.242 e. The van der Waals surface area contributed by atoms with E-state index in [1.54, 1.807) is 12.1 Å². The Balaban J connectivity index is 0.00000200. The highest BCUT2D eigenvalue weighted by atomic mass is 35.5. The van der Waals surface area contributed by atoms with Gasteiger partial charge in [-0.05, 0) is 31.2 Å². The van der Waals surface area contributed by atoms with Crippen LogP contribution in [0.25, 0.3) is 0 Å². The van der Waals surface area contributed by atoms with E-state index in [0.29, 0.717) is 11.4 Å². The minimum Gasteiger partial charge on any atom is -0.329 e. The second-order valence-electron chi connectivity index (χ2n) is 4.95. The van der Waals surface area contributed by atoms with Gasteiger partial charge in [0.05, 0.1) is 4.90 Å². The summed E-state index contributed by atoms with van der Waals surface area (Å²) in [4.78, 5) is 1.11. The van der Waals surface area contributed by atoms with E-state index in [0.717, 1.165) is 30.6 Å². The Hall–Kier alpha value is -0.270. The van der Waals surface area contributed by atoms with Gasteiger partial charge in [-0.3, -0.25) is 0 Å². The fourth-order valence-electron chi connectivity index (χ4n) is 2.58.